The van der Waals surface area contributed by atoms with E-state index in [4.69, 9.17) is 0 Å². The molecule has 0 aliphatic carbocycles. The number of nitrogens with zero attached hydrogens (tertiary/aromatic N) is 2. The Morgan fingerprint density at radius 2 is 1.77 bits per heavy atom. The van der Waals surface area contributed by atoms with Gasteiger partial charge in [-0.3, -0.25) is 4.79 Å². The Hall–Kier alpha value is -1.90. The number of benzene rings is 2. The summed E-state index contributed by atoms with van der Waals surface area (Å²) in [6.07, 6.45) is 0. The average molecular weight is 440 g/mol. The van der Waals surface area contributed by atoms with Crippen molar-refractivity contribution in [3.05, 3.63) is 64.1 Å². The molecule has 8 heteroatoms. The molecule has 1 N–H and O–H groups in total. The van der Waals surface area contributed by atoms with Crippen molar-refractivity contribution in [1.82, 2.24) is 9.62 Å². The van der Waals surface area contributed by atoms with Crippen LogP contribution in [0.3, 0.4) is 0 Å². The molecule has 2 aromatic carbocycles. The van der Waals surface area contributed by atoms with Gasteiger partial charge in [0.15, 0.2) is 0 Å². The van der Waals surface area contributed by atoms with E-state index in [1.807, 2.05) is 43.3 Å². The van der Waals surface area contributed by atoms with Crippen molar-refractivity contribution in [3.63, 3.8) is 0 Å². The highest BCUT2D eigenvalue weighted by molar-refractivity contribution is 9.10. The summed E-state index contributed by atoms with van der Waals surface area (Å²) in [6.45, 7) is 1.94. The van der Waals surface area contributed by atoms with Crippen LogP contribution in [0.25, 0.3) is 0 Å². The maximum atomic E-state index is 12.6. The maximum absolute atomic E-state index is 12.6. The summed E-state index contributed by atoms with van der Waals surface area (Å²) in [6, 6.07) is 14.6. The fourth-order valence-corrected chi connectivity index (χ4v) is 3.76. The van der Waals surface area contributed by atoms with Gasteiger partial charge in [0.1, 0.15) is 6.54 Å². The first-order chi connectivity index (χ1) is 12.2. The molecule has 0 radical (unpaired) electrons. The van der Waals surface area contributed by atoms with Crippen molar-refractivity contribution in [1.29, 1.82) is 0 Å². The fraction of sp³-hybridized carbons (Fsp3) is 0.278. The van der Waals surface area contributed by atoms with Crippen LogP contribution in [0.5, 0.6) is 0 Å². The van der Waals surface area contributed by atoms with Gasteiger partial charge in [0.25, 0.3) is 0 Å². The lowest BCUT2D eigenvalue weighted by atomic mass is 10.2. The summed E-state index contributed by atoms with van der Waals surface area (Å²) in [5.41, 5.74) is 2.38. The summed E-state index contributed by atoms with van der Waals surface area (Å²) < 4.78 is 28.4. The summed E-state index contributed by atoms with van der Waals surface area (Å²) in [5.74, 6) is -0.379. The Morgan fingerprint density at radius 3 is 2.35 bits per heavy atom. The third kappa shape index (κ3) is 5.30. The van der Waals surface area contributed by atoms with E-state index in [0.717, 1.165) is 24.2 Å². The highest BCUT2D eigenvalue weighted by Crippen LogP contribution is 2.20. The van der Waals surface area contributed by atoms with Crippen molar-refractivity contribution < 1.29 is 13.2 Å². The van der Waals surface area contributed by atoms with Crippen molar-refractivity contribution in [3.8, 4) is 0 Å². The van der Waals surface area contributed by atoms with Crippen LogP contribution in [0.15, 0.2) is 53.0 Å². The molecule has 0 aliphatic rings. The van der Waals surface area contributed by atoms with Crippen LogP contribution in [0.1, 0.15) is 11.1 Å². The van der Waals surface area contributed by atoms with E-state index < -0.39 is 10.2 Å². The topological polar surface area (TPSA) is 69.7 Å². The minimum atomic E-state index is -3.79. The van der Waals surface area contributed by atoms with Crippen LogP contribution in [0.4, 0.5) is 5.69 Å². The zero-order chi connectivity index (χ0) is 19.3. The number of amides is 1. The molecule has 0 saturated heterocycles. The van der Waals surface area contributed by atoms with E-state index in [0.29, 0.717) is 12.2 Å². The van der Waals surface area contributed by atoms with Crippen LogP contribution in [-0.2, 0) is 21.5 Å². The van der Waals surface area contributed by atoms with Gasteiger partial charge in [0.2, 0.25) is 5.91 Å². The number of nitrogens with one attached hydrogen (secondary N) is 1. The van der Waals surface area contributed by atoms with Gasteiger partial charge in [-0.2, -0.15) is 12.7 Å². The quantitative estimate of drug-likeness (QED) is 0.720. The second-order valence-corrected chi connectivity index (χ2v) is 9.02. The van der Waals surface area contributed by atoms with E-state index in [2.05, 4.69) is 21.2 Å². The second kappa shape index (κ2) is 8.66. The second-order valence-electron chi connectivity index (χ2n) is 6.04. The third-order valence-electron chi connectivity index (χ3n) is 3.73. The number of halogens is 1. The van der Waals surface area contributed by atoms with Crippen molar-refractivity contribution >= 4 is 37.7 Å². The molecule has 1 amide bonds. The van der Waals surface area contributed by atoms with Gasteiger partial charge in [-0.25, -0.2) is 4.31 Å². The van der Waals surface area contributed by atoms with E-state index in [1.165, 1.54) is 14.1 Å². The van der Waals surface area contributed by atoms with Gasteiger partial charge in [-0.05, 0) is 36.8 Å². The standard InChI is InChI=1S/C18H22BrN3O3S/c1-14-7-9-17(10-8-14)22(26(24,25)21(2)3)13-18(23)20-12-15-5-4-6-16(19)11-15/h4-11H,12-13H2,1-3H3,(H,20,23). The highest BCUT2D eigenvalue weighted by atomic mass is 79.9. The Bertz CT molecular complexity index is 868. The minimum Gasteiger partial charge on any atom is -0.350 e. The molecule has 0 bridgehead atoms. The van der Waals surface area contributed by atoms with Crippen LogP contribution in [0, 0.1) is 6.92 Å². The number of rotatable bonds is 7. The first-order valence-electron chi connectivity index (χ1n) is 7.98. The van der Waals surface area contributed by atoms with Gasteiger partial charge in [-0.15, -0.1) is 0 Å². The van der Waals surface area contributed by atoms with Gasteiger partial charge in [-0.1, -0.05) is 45.8 Å². The first kappa shape index (κ1) is 20.4. The Labute approximate surface area is 163 Å². The molecule has 2 rings (SSSR count). The molecule has 0 aliphatic heterocycles. The minimum absolute atomic E-state index is 0.294. The predicted octanol–water partition coefficient (Wildman–Crippen LogP) is 2.69. The Balaban J connectivity index is 2.15. The molecule has 2 aromatic rings. The molecule has 0 atom stereocenters. The monoisotopic (exact) mass is 439 g/mol. The van der Waals surface area contributed by atoms with Crippen molar-refractivity contribution in [2.75, 3.05) is 24.9 Å². The number of hydrogen-bond donors (Lipinski definition) is 1. The summed E-state index contributed by atoms with van der Waals surface area (Å²) >= 11 is 3.38. The Morgan fingerprint density at radius 1 is 1.12 bits per heavy atom. The molecule has 0 aromatic heterocycles. The summed E-state index contributed by atoms with van der Waals surface area (Å²) in [7, 11) is -0.910. The Kier molecular flexibility index (Phi) is 6.80. The largest absolute Gasteiger partial charge is 0.350 e. The summed E-state index contributed by atoms with van der Waals surface area (Å²) in [5, 5.41) is 2.76. The zero-order valence-electron chi connectivity index (χ0n) is 14.9. The number of carbonyl (C=O) groups is 1. The average Bonchev–Trinajstić information content (AvgIpc) is 2.58. The zero-order valence-corrected chi connectivity index (χ0v) is 17.3. The number of aryl methyl sites for hydroxylation is 1. The first-order valence-corrected chi connectivity index (χ1v) is 10.2. The lowest BCUT2D eigenvalue weighted by molar-refractivity contribution is -0.119. The molecule has 140 valence electrons. The molecule has 0 unspecified atom stereocenters. The van der Waals surface area contributed by atoms with Crippen LogP contribution in [0.2, 0.25) is 0 Å². The molecule has 26 heavy (non-hydrogen) atoms. The molecular formula is C18H22BrN3O3S. The van der Waals surface area contributed by atoms with Crippen molar-refractivity contribution in [2.45, 2.75) is 13.5 Å². The molecular weight excluding hydrogens is 418 g/mol. The predicted molar refractivity (Wildman–Crippen MR) is 107 cm³/mol. The lowest BCUT2D eigenvalue weighted by Crippen LogP contribution is -2.45. The molecule has 0 heterocycles. The number of anilines is 1. The van der Waals surface area contributed by atoms with Gasteiger partial charge < -0.3 is 5.32 Å². The van der Waals surface area contributed by atoms with Crippen molar-refractivity contribution in [2.24, 2.45) is 0 Å². The lowest BCUT2D eigenvalue weighted by Gasteiger charge is -2.27. The van der Waals surface area contributed by atoms with E-state index in [-0.39, 0.29) is 12.5 Å². The SMILES string of the molecule is Cc1ccc(N(CC(=O)NCc2cccc(Br)c2)S(=O)(=O)N(C)C)cc1. The molecule has 0 fully saturated rings. The normalized spacial score (nSPS) is 11.4. The van der Waals surface area contributed by atoms with E-state index in [1.54, 1.807) is 12.1 Å². The molecule has 6 nitrogen and oxygen atoms in total. The maximum Gasteiger partial charge on any atom is 0.304 e. The van der Waals surface area contributed by atoms with E-state index >= 15 is 0 Å². The van der Waals surface area contributed by atoms with Gasteiger partial charge in [0, 0.05) is 25.1 Å². The highest BCUT2D eigenvalue weighted by Gasteiger charge is 2.27. The van der Waals surface area contributed by atoms with Crippen LogP contribution < -0.4 is 9.62 Å². The van der Waals surface area contributed by atoms with Crippen LogP contribution >= 0.6 is 15.9 Å². The smallest absolute Gasteiger partial charge is 0.304 e. The number of carbonyl (C=O) groups excluding carboxylic acids is 1. The molecule has 0 spiro atoms. The third-order valence-corrected chi connectivity index (χ3v) is 6.04. The van der Waals surface area contributed by atoms with E-state index in [9.17, 15) is 13.2 Å². The summed E-state index contributed by atoms with van der Waals surface area (Å²) in [4.78, 5) is 12.4. The molecule has 0 saturated carbocycles. The van der Waals surface area contributed by atoms with Gasteiger partial charge in [0.05, 0.1) is 5.69 Å². The number of hydrogen-bond acceptors (Lipinski definition) is 3. The fourth-order valence-electron chi connectivity index (χ4n) is 2.25. The van der Waals surface area contributed by atoms with Gasteiger partial charge >= 0.3 is 10.2 Å². The van der Waals surface area contributed by atoms with Crippen LogP contribution in [-0.4, -0.2) is 39.3 Å².